The van der Waals surface area contributed by atoms with Crippen LogP contribution in [0, 0.1) is 17.8 Å². The zero-order valence-electron chi connectivity index (χ0n) is 12.9. The maximum absolute atomic E-state index is 8.81. The summed E-state index contributed by atoms with van der Waals surface area (Å²) < 4.78 is 5.28. The summed E-state index contributed by atoms with van der Waals surface area (Å²) in [7, 11) is 3.76. The molecule has 0 radical (unpaired) electrons. The van der Waals surface area contributed by atoms with E-state index in [9.17, 15) is 0 Å². The first kappa shape index (κ1) is 16.6. The van der Waals surface area contributed by atoms with Gasteiger partial charge in [-0.05, 0) is 43.6 Å². The molecule has 0 atom stereocenters. The summed E-state index contributed by atoms with van der Waals surface area (Å²) in [5.74, 6) is 7.08. The molecule has 0 aliphatic carbocycles. The summed E-state index contributed by atoms with van der Waals surface area (Å²) in [5, 5.41) is 8.81. The first-order chi connectivity index (χ1) is 9.56. The average Bonchev–Trinajstić information content (AvgIpc) is 2.43. The summed E-state index contributed by atoms with van der Waals surface area (Å²) >= 11 is 0. The van der Waals surface area contributed by atoms with Crippen LogP contribution in [0.1, 0.15) is 31.4 Å². The minimum Gasteiger partial charge on any atom is -0.495 e. The predicted molar refractivity (Wildman–Crippen MR) is 82.7 cm³/mol. The van der Waals surface area contributed by atoms with Crippen molar-refractivity contribution in [2.24, 2.45) is 5.92 Å². The van der Waals surface area contributed by atoms with Crippen molar-refractivity contribution in [1.82, 2.24) is 4.90 Å². The SMILES string of the molecule is COc1ccc(CN(C)CCC(C)C)cc1C#CCO. The molecule has 0 saturated carbocycles. The van der Waals surface area contributed by atoms with Crippen LogP contribution in [0.4, 0.5) is 0 Å². The van der Waals surface area contributed by atoms with Crippen LogP contribution in [0.3, 0.4) is 0 Å². The van der Waals surface area contributed by atoms with Crippen LogP contribution in [0.5, 0.6) is 5.75 Å². The lowest BCUT2D eigenvalue weighted by atomic mass is 10.1. The molecule has 0 aliphatic heterocycles. The third kappa shape index (κ3) is 5.64. The molecule has 0 aliphatic rings. The Morgan fingerprint density at radius 3 is 2.70 bits per heavy atom. The van der Waals surface area contributed by atoms with Gasteiger partial charge in [0.2, 0.25) is 0 Å². The van der Waals surface area contributed by atoms with Crippen molar-refractivity contribution in [1.29, 1.82) is 0 Å². The molecular formula is C17H25NO2. The number of hydrogen-bond donors (Lipinski definition) is 1. The Hall–Kier alpha value is -1.50. The molecular weight excluding hydrogens is 250 g/mol. The zero-order chi connectivity index (χ0) is 15.0. The van der Waals surface area contributed by atoms with Crippen LogP contribution in [0.2, 0.25) is 0 Å². The smallest absolute Gasteiger partial charge is 0.134 e. The standard InChI is InChI=1S/C17H25NO2/c1-14(2)9-10-18(3)13-15-7-8-17(20-4)16(12-15)6-5-11-19/h7-8,12,14,19H,9-11,13H2,1-4H3. The lowest BCUT2D eigenvalue weighted by molar-refractivity contribution is 0.303. The molecule has 0 spiro atoms. The third-order valence-corrected chi connectivity index (χ3v) is 3.11. The summed E-state index contributed by atoms with van der Waals surface area (Å²) in [6.07, 6.45) is 1.20. The molecule has 0 saturated heterocycles. The predicted octanol–water partition coefficient (Wildman–Crippen LogP) is 2.52. The largest absolute Gasteiger partial charge is 0.495 e. The van der Waals surface area contributed by atoms with Gasteiger partial charge < -0.3 is 14.7 Å². The first-order valence-electron chi connectivity index (χ1n) is 7.02. The molecule has 3 nitrogen and oxygen atoms in total. The van der Waals surface area contributed by atoms with Gasteiger partial charge in [0.1, 0.15) is 12.4 Å². The minimum absolute atomic E-state index is 0.137. The minimum atomic E-state index is -0.137. The summed E-state index contributed by atoms with van der Waals surface area (Å²) in [4.78, 5) is 2.31. The fraction of sp³-hybridized carbons (Fsp3) is 0.529. The van der Waals surface area contributed by atoms with Gasteiger partial charge in [0.25, 0.3) is 0 Å². The van der Waals surface area contributed by atoms with Crippen molar-refractivity contribution < 1.29 is 9.84 Å². The quantitative estimate of drug-likeness (QED) is 0.810. The van der Waals surface area contributed by atoms with Crippen molar-refractivity contribution in [3.63, 3.8) is 0 Å². The van der Waals surface area contributed by atoms with Gasteiger partial charge in [-0.2, -0.15) is 0 Å². The van der Waals surface area contributed by atoms with Gasteiger partial charge in [-0.3, -0.25) is 0 Å². The molecule has 0 unspecified atom stereocenters. The second-order valence-corrected chi connectivity index (χ2v) is 5.41. The van der Waals surface area contributed by atoms with Gasteiger partial charge in [0, 0.05) is 6.54 Å². The Morgan fingerprint density at radius 1 is 1.35 bits per heavy atom. The number of aliphatic hydroxyl groups excluding tert-OH is 1. The molecule has 0 bridgehead atoms. The third-order valence-electron chi connectivity index (χ3n) is 3.11. The van der Waals surface area contributed by atoms with Gasteiger partial charge in [-0.25, -0.2) is 0 Å². The van der Waals surface area contributed by atoms with Crippen LogP contribution in [-0.2, 0) is 6.54 Å². The monoisotopic (exact) mass is 275 g/mol. The topological polar surface area (TPSA) is 32.7 Å². The van der Waals surface area contributed by atoms with E-state index in [1.54, 1.807) is 7.11 Å². The van der Waals surface area contributed by atoms with E-state index in [2.05, 4.69) is 43.7 Å². The molecule has 0 fully saturated rings. The zero-order valence-corrected chi connectivity index (χ0v) is 12.9. The van der Waals surface area contributed by atoms with E-state index in [4.69, 9.17) is 9.84 Å². The molecule has 0 heterocycles. The number of hydrogen-bond acceptors (Lipinski definition) is 3. The number of benzene rings is 1. The number of aliphatic hydroxyl groups is 1. The summed E-state index contributed by atoms with van der Waals surface area (Å²) in [5.41, 5.74) is 2.04. The molecule has 1 aromatic carbocycles. The van der Waals surface area contributed by atoms with E-state index >= 15 is 0 Å². The number of methoxy groups -OCH3 is 1. The van der Waals surface area contributed by atoms with E-state index in [0.29, 0.717) is 0 Å². The molecule has 0 amide bonds. The second-order valence-electron chi connectivity index (χ2n) is 5.41. The maximum atomic E-state index is 8.81. The number of rotatable bonds is 6. The second kappa shape index (κ2) is 8.63. The van der Waals surface area contributed by atoms with E-state index in [0.717, 1.165) is 30.3 Å². The highest BCUT2D eigenvalue weighted by Gasteiger charge is 2.05. The van der Waals surface area contributed by atoms with E-state index in [1.165, 1.54) is 12.0 Å². The van der Waals surface area contributed by atoms with Gasteiger partial charge in [0.05, 0.1) is 12.7 Å². The highest BCUT2D eigenvalue weighted by atomic mass is 16.5. The lowest BCUT2D eigenvalue weighted by Crippen LogP contribution is -2.20. The molecule has 3 heteroatoms. The summed E-state index contributed by atoms with van der Waals surface area (Å²) in [6, 6.07) is 6.04. The Kier molecular flexibility index (Phi) is 7.14. The fourth-order valence-corrected chi connectivity index (χ4v) is 1.96. The molecule has 110 valence electrons. The lowest BCUT2D eigenvalue weighted by Gasteiger charge is -2.18. The van der Waals surface area contributed by atoms with Crippen LogP contribution >= 0.6 is 0 Å². The molecule has 20 heavy (non-hydrogen) atoms. The number of nitrogens with zero attached hydrogens (tertiary/aromatic N) is 1. The Balaban J connectivity index is 2.76. The number of ether oxygens (including phenoxy) is 1. The Morgan fingerprint density at radius 2 is 2.10 bits per heavy atom. The van der Waals surface area contributed by atoms with E-state index < -0.39 is 0 Å². The highest BCUT2D eigenvalue weighted by Crippen LogP contribution is 2.19. The van der Waals surface area contributed by atoms with Crippen molar-refractivity contribution >= 4 is 0 Å². The van der Waals surface area contributed by atoms with Crippen molar-refractivity contribution in [2.45, 2.75) is 26.8 Å². The van der Waals surface area contributed by atoms with E-state index in [-0.39, 0.29) is 6.61 Å². The Bertz CT molecular complexity index is 472. The molecule has 1 aromatic rings. The fourth-order valence-electron chi connectivity index (χ4n) is 1.96. The Labute approximate surface area is 122 Å². The first-order valence-corrected chi connectivity index (χ1v) is 7.02. The van der Waals surface area contributed by atoms with Gasteiger partial charge in [-0.15, -0.1) is 0 Å². The van der Waals surface area contributed by atoms with Gasteiger partial charge in [-0.1, -0.05) is 31.8 Å². The maximum Gasteiger partial charge on any atom is 0.134 e. The normalized spacial score (nSPS) is 10.6. The average molecular weight is 275 g/mol. The van der Waals surface area contributed by atoms with Crippen LogP contribution in [-0.4, -0.2) is 37.3 Å². The van der Waals surface area contributed by atoms with Crippen LogP contribution in [0.25, 0.3) is 0 Å². The van der Waals surface area contributed by atoms with Crippen molar-refractivity contribution in [2.75, 3.05) is 27.3 Å². The van der Waals surface area contributed by atoms with Crippen LogP contribution < -0.4 is 4.74 Å². The molecule has 1 rings (SSSR count). The molecule has 0 aromatic heterocycles. The van der Waals surface area contributed by atoms with E-state index in [1.807, 2.05) is 12.1 Å². The van der Waals surface area contributed by atoms with Gasteiger partial charge >= 0.3 is 0 Å². The summed E-state index contributed by atoms with van der Waals surface area (Å²) in [6.45, 7) is 6.32. The van der Waals surface area contributed by atoms with Crippen molar-refractivity contribution in [3.05, 3.63) is 29.3 Å². The van der Waals surface area contributed by atoms with Crippen LogP contribution in [0.15, 0.2) is 18.2 Å². The highest BCUT2D eigenvalue weighted by molar-refractivity contribution is 5.48. The van der Waals surface area contributed by atoms with Crippen molar-refractivity contribution in [3.8, 4) is 17.6 Å². The van der Waals surface area contributed by atoms with Gasteiger partial charge in [0.15, 0.2) is 0 Å². The molecule has 1 N–H and O–H groups in total.